The van der Waals surface area contributed by atoms with Crippen molar-refractivity contribution < 1.29 is 9.21 Å². The zero-order valence-corrected chi connectivity index (χ0v) is 15.2. The van der Waals surface area contributed by atoms with E-state index < -0.39 is 0 Å². The topological polar surface area (TPSA) is 91.5 Å². The summed E-state index contributed by atoms with van der Waals surface area (Å²) in [5.41, 5.74) is 2.95. The molecular formula is C19H25N5O2. The smallest absolute Gasteiger partial charge is 0.226 e. The lowest BCUT2D eigenvalue weighted by molar-refractivity contribution is -0.122. The normalized spacial score (nSPS) is 14.2. The molecule has 26 heavy (non-hydrogen) atoms. The van der Waals surface area contributed by atoms with Gasteiger partial charge in [-0.25, -0.2) is 4.98 Å². The van der Waals surface area contributed by atoms with Crippen molar-refractivity contribution >= 4 is 11.9 Å². The van der Waals surface area contributed by atoms with Gasteiger partial charge in [0.05, 0.1) is 12.2 Å². The van der Waals surface area contributed by atoms with Gasteiger partial charge in [-0.05, 0) is 31.9 Å². The van der Waals surface area contributed by atoms with E-state index in [9.17, 15) is 4.79 Å². The first-order valence-corrected chi connectivity index (χ1v) is 8.89. The van der Waals surface area contributed by atoms with Crippen molar-refractivity contribution in [2.75, 3.05) is 20.1 Å². The second kappa shape index (κ2) is 8.51. The number of rotatable bonds is 7. The molecule has 0 radical (unpaired) electrons. The summed E-state index contributed by atoms with van der Waals surface area (Å²) in [6.07, 6.45) is 3.68. The first kappa shape index (κ1) is 18.0. The lowest BCUT2D eigenvalue weighted by Crippen LogP contribution is -2.41. The van der Waals surface area contributed by atoms with Crippen molar-refractivity contribution in [1.29, 1.82) is 0 Å². The molecule has 1 amide bonds. The Morgan fingerprint density at radius 1 is 1.19 bits per heavy atom. The van der Waals surface area contributed by atoms with Crippen LogP contribution in [0.4, 0.5) is 0 Å². The maximum Gasteiger partial charge on any atom is 0.226 e. The van der Waals surface area contributed by atoms with Crippen LogP contribution in [0.2, 0.25) is 0 Å². The van der Waals surface area contributed by atoms with E-state index in [0.29, 0.717) is 31.5 Å². The van der Waals surface area contributed by atoms with Gasteiger partial charge < -0.3 is 20.4 Å². The molecule has 7 heteroatoms. The Labute approximate surface area is 153 Å². The van der Waals surface area contributed by atoms with Crippen molar-refractivity contribution in [1.82, 2.24) is 20.9 Å². The second-order valence-corrected chi connectivity index (χ2v) is 6.43. The summed E-state index contributed by atoms with van der Waals surface area (Å²) in [5, 5.41) is 9.26. The van der Waals surface area contributed by atoms with Gasteiger partial charge in [-0.2, -0.15) is 0 Å². The van der Waals surface area contributed by atoms with Crippen LogP contribution < -0.4 is 16.0 Å². The van der Waals surface area contributed by atoms with E-state index in [0.717, 1.165) is 24.1 Å². The van der Waals surface area contributed by atoms with Crippen LogP contribution in [0.25, 0.3) is 11.5 Å². The number of guanidine groups is 1. The van der Waals surface area contributed by atoms with E-state index in [1.54, 1.807) is 13.3 Å². The average molecular weight is 355 g/mol. The number of aryl methyl sites for hydroxylation is 1. The Morgan fingerprint density at radius 2 is 1.92 bits per heavy atom. The van der Waals surface area contributed by atoms with Gasteiger partial charge in [-0.1, -0.05) is 17.7 Å². The van der Waals surface area contributed by atoms with Crippen molar-refractivity contribution in [2.24, 2.45) is 10.9 Å². The summed E-state index contributed by atoms with van der Waals surface area (Å²) in [5.74, 6) is 1.65. The third kappa shape index (κ3) is 5.08. The number of benzene rings is 1. The van der Waals surface area contributed by atoms with Gasteiger partial charge >= 0.3 is 0 Å². The zero-order valence-electron chi connectivity index (χ0n) is 15.2. The Kier molecular flexibility index (Phi) is 5.88. The molecule has 0 atom stereocenters. The molecule has 3 N–H and O–H groups in total. The van der Waals surface area contributed by atoms with E-state index in [2.05, 4.69) is 25.9 Å². The van der Waals surface area contributed by atoms with Crippen LogP contribution in [-0.2, 0) is 11.3 Å². The lowest BCUT2D eigenvalue weighted by atomic mass is 10.1. The molecule has 2 aromatic rings. The van der Waals surface area contributed by atoms with E-state index in [-0.39, 0.29) is 11.8 Å². The molecule has 1 aliphatic rings. The Hall–Kier alpha value is -2.83. The Balaban J connectivity index is 1.42. The molecule has 1 heterocycles. The predicted octanol–water partition coefficient (Wildman–Crippen LogP) is 1.84. The van der Waals surface area contributed by atoms with Gasteiger partial charge in [0.25, 0.3) is 0 Å². The number of hydrogen-bond acceptors (Lipinski definition) is 4. The van der Waals surface area contributed by atoms with Crippen LogP contribution in [-0.4, -0.2) is 37.0 Å². The molecule has 0 aliphatic heterocycles. The highest BCUT2D eigenvalue weighted by molar-refractivity contribution is 5.81. The van der Waals surface area contributed by atoms with Crippen LogP contribution in [0.15, 0.2) is 39.9 Å². The van der Waals surface area contributed by atoms with Gasteiger partial charge in [-0.15, -0.1) is 0 Å². The number of aliphatic imine (C=N–C) groups is 1. The van der Waals surface area contributed by atoms with Crippen molar-refractivity contribution in [3.63, 3.8) is 0 Å². The highest BCUT2D eigenvalue weighted by Gasteiger charge is 2.28. The second-order valence-electron chi connectivity index (χ2n) is 6.43. The number of carbonyl (C=O) groups excluding carboxylic acids is 1. The minimum Gasteiger partial charge on any atom is -0.444 e. The number of hydrogen-bond donors (Lipinski definition) is 3. The summed E-state index contributed by atoms with van der Waals surface area (Å²) >= 11 is 0. The number of nitrogens with one attached hydrogen (secondary N) is 3. The van der Waals surface area contributed by atoms with Gasteiger partial charge in [0.1, 0.15) is 6.26 Å². The standard InChI is InChI=1S/C19H25N5O2/c1-13-3-5-15(6-4-13)18-24-16(12-26-18)11-23-19(20-2)22-10-9-21-17(25)14-7-8-14/h3-6,12,14H,7-11H2,1-2H3,(H,21,25)(H2,20,22,23). The van der Waals surface area contributed by atoms with Gasteiger partial charge in [0.15, 0.2) is 5.96 Å². The van der Waals surface area contributed by atoms with Crippen molar-refractivity contribution in [3.8, 4) is 11.5 Å². The van der Waals surface area contributed by atoms with Crippen molar-refractivity contribution in [2.45, 2.75) is 26.3 Å². The van der Waals surface area contributed by atoms with Gasteiger partial charge in [-0.3, -0.25) is 9.79 Å². The molecule has 0 unspecified atom stereocenters. The molecule has 138 valence electrons. The summed E-state index contributed by atoms with van der Waals surface area (Å²) in [6, 6.07) is 8.06. The highest BCUT2D eigenvalue weighted by Crippen LogP contribution is 2.28. The zero-order chi connectivity index (χ0) is 18.4. The fourth-order valence-electron chi connectivity index (χ4n) is 2.47. The van der Waals surface area contributed by atoms with Crippen LogP contribution in [0.5, 0.6) is 0 Å². The summed E-state index contributed by atoms with van der Waals surface area (Å²) in [4.78, 5) is 20.2. The van der Waals surface area contributed by atoms with Gasteiger partial charge in [0.2, 0.25) is 11.8 Å². The molecule has 0 bridgehead atoms. The first-order valence-electron chi connectivity index (χ1n) is 8.89. The molecule has 0 saturated heterocycles. The minimum absolute atomic E-state index is 0.154. The first-order chi connectivity index (χ1) is 12.7. The Bertz CT molecular complexity index is 762. The van der Waals surface area contributed by atoms with Crippen LogP contribution >= 0.6 is 0 Å². The van der Waals surface area contributed by atoms with Gasteiger partial charge in [0, 0.05) is 31.6 Å². The number of carbonyl (C=O) groups is 1. The number of amides is 1. The highest BCUT2D eigenvalue weighted by atomic mass is 16.3. The molecule has 1 saturated carbocycles. The number of nitrogens with zero attached hydrogens (tertiary/aromatic N) is 2. The van der Waals surface area contributed by atoms with E-state index in [4.69, 9.17) is 4.42 Å². The number of aromatic nitrogens is 1. The minimum atomic E-state index is 0.154. The van der Waals surface area contributed by atoms with E-state index in [1.807, 2.05) is 31.2 Å². The molecule has 1 aliphatic carbocycles. The van der Waals surface area contributed by atoms with E-state index in [1.165, 1.54) is 5.56 Å². The van der Waals surface area contributed by atoms with E-state index >= 15 is 0 Å². The molecule has 3 rings (SSSR count). The monoisotopic (exact) mass is 355 g/mol. The number of oxazole rings is 1. The van der Waals surface area contributed by atoms with Crippen LogP contribution in [0.3, 0.4) is 0 Å². The predicted molar refractivity (Wildman–Crippen MR) is 101 cm³/mol. The van der Waals surface area contributed by atoms with Crippen molar-refractivity contribution in [3.05, 3.63) is 41.8 Å². The maximum absolute atomic E-state index is 11.6. The largest absolute Gasteiger partial charge is 0.444 e. The third-order valence-electron chi connectivity index (χ3n) is 4.18. The quantitative estimate of drug-likeness (QED) is 0.400. The Morgan fingerprint density at radius 3 is 2.62 bits per heavy atom. The van der Waals surface area contributed by atoms with Crippen LogP contribution in [0, 0.1) is 12.8 Å². The maximum atomic E-state index is 11.6. The molecule has 7 nitrogen and oxygen atoms in total. The molecule has 1 aromatic heterocycles. The SMILES string of the molecule is CN=C(NCCNC(=O)C1CC1)NCc1coc(-c2ccc(C)cc2)n1. The fraction of sp³-hybridized carbons (Fsp3) is 0.421. The average Bonchev–Trinajstić information content (AvgIpc) is 3.40. The lowest BCUT2D eigenvalue weighted by Gasteiger charge is -2.11. The molecular weight excluding hydrogens is 330 g/mol. The fourth-order valence-corrected chi connectivity index (χ4v) is 2.47. The third-order valence-corrected chi connectivity index (χ3v) is 4.18. The summed E-state index contributed by atoms with van der Waals surface area (Å²) in [7, 11) is 1.71. The summed E-state index contributed by atoms with van der Waals surface area (Å²) in [6.45, 7) is 3.75. The molecule has 1 aromatic carbocycles. The molecule has 0 spiro atoms. The van der Waals surface area contributed by atoms with Crippen LogP contribution in [0.1, 0.15) is 24.1 Å². The molecule has 1 fully saturated rings. The summed E-state index contributed by atoms with van der Waals surface area (Å²) < 4.78 is 5.55.